The molecular formula is C19H18Cl2FNO3. The van der Waals surface area contributed by atoms with Gasteiger partial charge in [0.05, 0.1) is 23.8 Å². The normalized spacial score (nSPS) is 14.3. The Morgan fingerprint density at radius 3 is 2.69 bits per heavy atom. The van der Waals surface area contributed by atoms with E-state index in [-0.39, 0.29) is 10.0 Å². The Morgan fingerprint density at radius 2 is 2.04 bits per heavy atom. The second-order valence-corrected chi connectivity index (χ2v) is 6.92. The molecule has 0 spiro atoms. The van der Waals surface area contributed by atoms with Gasteiger partial charge in [-0.25, -0.2) is 4.39 Å². The lowest BCUT2D eigenvalue weighted by Crippen LogP contribution is -2.34. The highest BCUT2D eigenvalue weighted by Crippen LogP contribution is 2.43. The maximum Gasteiger partial charge on any atom is 0.322 e. The first-order valence-corrected chi connectivity index (χ1v) is 8.93. The van der Waals surface area contributed by atoms with Crippen LogP contribution in [0.1, 0.15) is 17.5 Å². The Balaban J connectivity index is 2.09. The zero-order chi connectivity index (χ0) is 18.8. The molecule has 0 amide bonds. The lowest BCUT2D eigenvalue weighted by Gasteiger charge is -2.25. The first-order chi connectivity index (χ1) is 12.4. The molecule has 3 rings (SSSR count). The number of esters is 1. The van der Waals surface area contributed by atoms with Crippen molar-refractivity contribution in [3.63, 3.8) is 0 Å². The van der Waals surface area contributed by atoms with Gasteiger partial charge in [-0.05, 0) is 36.1 Å². The highest BCUT2D eigenvalue weighted by molar-refractivity contribution is 6.39. The summed E-state index contributed by atoms with van der Waals surface area (Å²) in [5, 5.41) is 0.476. The SMILES string of the molecule is COC(=O)[C@@H](N)Cc1ccc(-c2c(Cl)cc(F)cc2Cl)c2c1OCCC2. The lowest BCUT2D eigenvalue weighted by molar-refractivity contribution is -0.142. The minimum Gasteiger partial charge on any atom is -0.493 e. The smallest absolute Gasteiger partial charge is 0.322 e. The van der Waals surface area contributed by atoms with Crippen molar-refractivity contribution in [2.75, 3.05) is 13.7 Å². The van der Waals surface area contributed by atoms with Crippen molar-refractivity contribution in [3.8, 4) is 16.9 Å². The molecule has 1 atom stereocenters. The molecule has 2 aromatic carbocycles. The molecule has 138 valence electrons. The lowest BCUT2D eigenvalue weighted by atomic mass is 9.90. The van der Waals surface area contributed by atoms with E-state index in [1.165, 1.54) is 19.2 Å². The number of carbonyl (C=O) groups excluding carboxylic acids is 1. The summed E-state index contributed by atoms with van der Waals surface area (Å²) < 4.78 is 24.1. The standard InChI is InChI=1S/C19H18Cl2FNO3/c1-25-19(24)16(23)7-10-4-5-12(13-3-2-6-26-18(10)13)17-14(20)8-11(22)9-15(17)21/h4-5,8-9,16H,2-3,6-7,23H2,1H3/t16-/m0/s1. The van der Waals surface area contributed by atoms with Gasteiger partial charge >= 0.3 is 5.97 Å². The number of benzene rings is 2. The molecule has 0 aliphatic carbocycles. The third-order valence-electron chi connectivity index (χ3n) is 4.38. The van der Waals surface area contributed by atoms with Crippen LogP contribution in [0.5, 0.6) is 5.75 Å². The predicted molar refractivity (Wildman–Crippen MR) is 99.4 cm³/mol. The molecule has 0 saturated heterocycles. The molecule has 1 heterocycles. The summed E-state index contributed by atoms with van der Waals surface area (Å²) in [6.45, 7) is 0.571. The third-order valence-corrected chi connectivity index (χ3v) is 4.98. The largest absolute Gasteiger partial charge is 0.493 e. The second-order valence-electron chi connectivity index (χ2n) is 6.11. The van der Waals surface area contributed by atoms with E-state index in [0.29, 0.717) is 24.3 Å². The van der Waals surface area contributed by atoms with Crippen LogP contribution in [0, 0.1) is 5.82 Å². The zero-order valence-corrected chi connectivity index (χ0v) is 15.7. The molecule has 0 saturated carbocycles. The number of methoxy groups -OCH3 is 1. The van der Waals surface area contributed by atoms with Gasteiger partial charge in [-0.2, -0.15) is 0 Å². The van der Waals surface area contributed by atoms with Crippen LogP contribution in [-0.4, -0.2) is 25.7 Å². The summed E-state index contributed by atoms with van der Waals surface area (Å²) in [6, 6.07) is 5.38. The maximum atomic E-state index is 13.5. The van der Waals surface area contributed by atoms with E-state index in [0.717, 1.165) is 29.5 Å². The van der Waals surface area contributed by atoms with Gasteiger partial charge in [-0.15, -0.1) is 0 Å². The van der Waals surface area contributed by atoms with E-state index in [9.17, 15) is 9.18 Å². The quantitative estimate of drug-likeness (QED) is 0.786. The summed E-state index contributed by atoms with van der Waals surface area (Å²) in [4.78, 5) is 11.6. The van der Waals surface area contributed by atoms with Gasteiger partial charge in [0.2, 0.25) is 0 Å². The average Bonchev–Trinajstić information content (AvgIpc) is 2.61. The van der Waals surface area contributed by atoms with Crippen LogP contribution in [-0.2, 0) is 22.4 Å². The topological polar surface area (TPSA) is 61.5 Å². The van der Waals surface area contributed by atoms with Crippen LogP contribution < -0.4 is 10.5 Å². The Bertz CT molecular complexity index is 834. The molecule has 2 aromatic rings. The van der Waals surface area contributed by atoms with Crippen LogP contribution >= 0.6 is 23.2 Å². The average molecular weight is 398 g/mol. The van der Waals surface area contributed by atoms with Gasteiger partial charge in [-0.1, -0.05) is 35.3 Å². The molecule has 0 radical (unpaired) electrons. The molecular weight excluding hydrogens is 380 g/mol. The van der Waals surface area contributed by atoms with E-state index >= 15 is 0 Å². The molecule has 1 aliphatic heterocycles. The highest BCUT2D eigenvalue weighted by Gasteiger charge is 2.24. The van der Waals surface area contributed by atoms with E-state index in [1.807, 2.05) is 12.1 Å². The predicted octanol–water partition coefficient (Wildman–Crippen LogP) is 4.17. The van der Waals surface area contributed by atoms with Gasteiger partial charge in [0.25, 0.3) is 0 Å². The molecule has 7 heteroatoms. The molecule has 0 fully saturated rings. The number of fused-ring (bicyclic) bond motifs is 1. The van der Waals surface area contributed by atoms with Crippen molar-refractivity contribution in [2.24, 2.45) is 5.73 Å². The van der Waals surface area contributed by atoms with Crippen LogP contribution in [0.15, 0.2) is 24.3 Å². The molecule has 26 heavy (non-hydrogen) atoms. The number of hydrogen-bond donors (Lipinski definition) is 1. The molecule has 4 nitrogen and oxygen atoms in total. The van der Waals surface area contributed by atoms with Crippen molar-refractivity contribution in [1.29, 1.82) is 0 Å². The highest BCUT2D eigenvalue weighted by atomic mass is 35.5. The van der Waals surface area contributed by atoms with Crippen molar-refractivity contribution >= 4 is 29.2 Å². The summed E-state index contributed by atoms with van der Waals surface area (Å²) >= 11 is 12.5. The minimum absolute atomic E-state index is 0.238. The summed E-state index contributed by atoms with van der Waals surface area (Å²) in [5.74, 6) is -0.289. The monoisotopic (exact) mass is 397 g/mol. The minimum atomic E-state index is -0.779. The van der Waals surface area contributed by atoms with Gasteiger partial charge < -0.3 is 15.2 Å². The number of nitrogens with two attached hydrogens (primary N) is 1. The summed E-state index contributed by atoms with van der Waals surface area (Å²) in [5.41, 5.74) is 9.01. The number of hydrogen-bond acceptors (Lipinski definition) is 4. The Labute approximate surface area is 161 Å². The van der Waals surface area contributed by atoms with Crippen LogP contribution in [0.3, 0.4) is 0 Å². The van der Waals surface area contributed by atoms with Gasteiger partial charge in [-0.3, -0.25) is 4.79 Å². The maximum absolute atomic E-state index is 13.5. The van der Waals surface area contributed by atoms with Crippen molar-refractivity contribution in [1.82, 2.24) is 0 Å². The van der Waals surface area contributed by atoms with Gasteiger partial charge in [0, 0.05) is 17.5 Å². The van der Waals surface area contributed by atoms with Crippen LogP contribution in [0.4, 0.5) is 4.39 Å². The van der Waals surface area contributed by atoms with Crippen LogP contribution in [0.2, 0.25) is 10.0 Å². The number of rotatable bonds is 4. The first kappa shape index (κ1) is 19.0. The zero-order valence-electron chi connectivity index (χ0n) is 14.2. The fourth-order valence-electron chi connectivity index (χ4n) is 3.19. The van der Waals surface area contributed by atoms with Crippen LogP contribution in [0.25, 0.3) is 11.1 Å². The Kier molecular flexibility index (Phi) is 5.70. The van der Waals surface area contributed by atoms with Crippen molar-refractivity contribution < 1.29 is 18.7 Å². The molecule has 0 bridgehead atoms. The molecule has 2 N–H and O–H groups in total. The fraction of sp³-hybridized carbons (Fsp3) is 0.316. The Morgan fingerprint density at radius 1 is 1.35 bits per heavy atom. The molecule has 0 unspecified atom stereocenters. The van der Waals surface area contributed by atoms with Gasteiger partial charge in [0.15, 0.2) is 0 Å². The second kappa shape index (κ2) is 7.82. The van der Waals surface area contributed by atoms with E-state index in [4.69, 9.17) is 33.7 Å². The van der Waals surface area contributed by atoms with Crippen molar-refractivity contribution in [3.05, 3.63) is 51.3 Å². The molecule has 1 aliphatic rings. The first-order valence-electron chi connectivity index (χ1n) is 8.18. The van der Waals surface area contributed by atoms with E-state index in [2.05, 4.69) is 4.74 Å². The number of carbonyl (C=O) groups is 1. The van der Waals surface area contributed by atoms with E-state index in [1.54, 1.807) is 0 Å². The fourth-order valence-corrected chi connectivity index (χ4v) is 3.86. The Hall–Kier alpha value is -1.82. The van der Waals surface area contributed by atoms with Gasteiger partial charge in [0.1, 0.15) is 17.6 Å². The molecule has 0 aromatic heterocycles. The summed E-state index contributed by atoms with van der Waals surface area (Å²) in [7, 11) is 1.30. The van der Waals surface area contributed by atoms with Crippen molar-refractivity contribution in [2.45, 2.75) is 25.3 Å². The third kappa shape index (κ3) is 3.65. The number of halogens is 3. The van der Waals surface area contributed by atoms with E-state index < -0.39 is 17.8 Å². The summed E-state index contributed by atoms with van der Waals surface area (Å²) in [6.07, 6.45) is 1.89. The number of ether oxygens (including phenoxy) is 2.